The Morgan fingerprint density at radius 1 is 1.27 bits per heavy atom. The third kappa shape index (κ3) is 6.91. The molecule has 0 aromatic heterocycles. The number of hydrogen-bond acceptors (Lipinski definition) is 5. The van der Waals surface area contributed by atoms with Crippen molar-refractivity contribution in [1.82, 2.24) is 10.2 Å². The van der Waals surface area contributed by atoms with E-state index in [2.05, 4.69) is 23.4 Å². The molecule has 2 fully saturated rings. The number of guanidine groups is 1. The third-order valence-electron chi connectivity index (χ3n) is 5.28. The van der Waals surface area contributed by atoms with Crippen molar-refractivity contribution in [3.8, 4) is 0 Å². The van der Waals surface area contributed by atoms with Crippen LogP contribution in [0.4, 0.5) is 0 Å². The lowest BCUT2D eigenvalue weighted by atomic mass is 9.99. The molecule has 2 aliphatic heterocycles. The molecule has 26 heavy (non-hydrogen) atoms. The molecule has 0 amide bonds. The highest BCUT2D eigenvalue weighted by atomic mass is 32.2. The SMILES string of the molecule is CCNC(=NCC1(SC)CCOCC1)N1CCC(OCCCOC)CC1. The molecule has 0 atom stereocenters. The van der Waals surface area contributed by atoms with Gasteiger partial charge in [-0.1, -0.05) is 0 Å². The van der Waals surface area contributed by atoms with Crippen LogP contribution in [0.15, 0.2) is 4.99 Å². The average molecular weight is 388 g/mol. The van der Waals surface area contributed by atoms with E-state index in [1.54, 1.807) is 7.11 Å². The maximum Gasteiger partial charge on any atom is 0.193 e. The molecule has 2 heterocycles. The van der Waals surface area contributed by atoms with E-state index in [0.29, 0.717) is 6.10 Å². The minimum Gasteiger partial charge on any atom is -0.385 e. The van der Waals surface area contributed by atoms with Gasteiger partial charge in [0.2, 0.25) is 0 Å². The van der Waals surface area contributed by atoms with Crippen molar-refractivity contribution in [1.29, 1.82) is 0 Å². The van der Waals surface area contributed by atoms with Crippen molar-refractivity contribution >= 4 is 17.7 Å². The molecule has 152 valence electrons. The lowest BCUT2D eigenvalue weighted by Crippen LogP contribution is -2.48. The van der Waals surface area contributed by atoms with Crippen LogP contribution >= 0.6 is 11.8 Å². The zero-order chi connectivity index (χ0) is 18.7. The minimum absolute atomic E-state index is 0.238. The van der Waals surface area contributed by atoms with Gasteiger partial charge in [-0.05, 0) is 45.3 Å². The molecule has 0 saturated carbocycles. The van der Waals surface area contributed by atoms with Gasteiger partial charge in [0.05, 0.1) is 12.6 Å². The number of thioether (sulfide) groups is 1. The summed E-state index contributed by atoms with van der Waals surface area (Å²) >= 11 is 1.95. The van der Waals surface area contributed by atoms with Crippen LogP contribution < -0.4 is 5.32 Å². The Hall–Kier alpha value is -0.500. The van der Waals surface area contributed by atoms with Gasteiger partial charge in [0.1, 0.15) is 0 Å². The molecular formula is C19H37N3O3S. The molecule has 2 aliphatic rings. The predicted octanol–water partition coefficient (Wildman–Crippen LogP) is 2.38. The second kappa shape index (κ2) is 12.1. The molecule has 2 saturated heterocycles. The highest BCUT2D eigenvalue weighted by molar-refractivity contribution is 8.00. The van der Waals surface area contributed by atoms with Gasteiger partial charge < -0.3 is 24.4 Å². The van der Waals surface area contributed by atoms with E-state index >= 15 is 0 Å². The Bertz CT molecular complexity index is 409. The number of hydrogen-bond donors (Lipinski definition) is 1. The summed E-state index contributed by atoms with van der Waals surface area (Å²) in [7, 11) is 1.74. The van der Waals surface area contributed by atoms with Crippen LogP contribution in [0.5, 0.6) is 0 Å². The van der Waals surface area contributed by atoms with Crippen LogP contribution in [0.2, 0.25) is 0 Å². The van der Waals surface area contributed by atoms with E-state index in [-0.39, 0.29) is 4.75 Å². The lowest BCUT2D eigenvalue weighted by molar-refractivity contribution is 0.00987. The van der Waals surface area contributed by atoms with Gasteiger partial charge in [0.15, 0.2) is 5.96 Å². The highest BCUT2D eigenvalue weighted by Gasteiger charge is 2.32. The first-order valence-corrected chi connectivity index (χ1v) is 11.2. The maximum absolute atomic E-state index is 5.98. The van der Waals surface area contributed by atoms with Crippen molar-refractivity contribution in [3.05, 3.63) is 0 Å². The molecule has 2 rings (SSSR count). The van der Waals surface area contributed by atoms with Gasteiger partial charge in [0.25, 0.3) is 0 Å². The maximum atomic E-state index is 5.98. The predicted molar refractivity (Wildman–Crippen MR) is 109 cm³/mol. The van der Waals surface area contributed by atoms with E-state index in [0.717, 1.165) is 90.7 Å². The van der Waals surface area contributed by atoms with E-state index in [9.17, 15) is 0 Å². The van der Waals surface area contributed by atoms with E-state index in [1.807, 2.05) is 11.8 Å². The molecule has 1 N–H and O–H groups in total. The normalized spacial score (nSPS) is 21.8. The van der Waals surface area contributed by atoms with E-state index in [4.69, 9.17) is 19.2 Å². The van der Waals surface area contributed by atoms with Gasteiger partial charge in [-0.25, -0.2) is 0 Å². The number of methoxy groups -OCH3 is 1. The van der Waals surface area contributed by atoms with Gasteiger partial charge in [-0.2, -0.15) is 11.8 Å². The Balaban J connectivity index is 1.83. The van der Waals surface area contributed by atoms with Crippen LogP contribution in [0, 0.1) is 0 Å². The Labute approximate surface area is 163 Å². The lowest BCUT2D eigenvalue weighted by Gasteiger charge is -2.37. The molecule has 0 radical (unpaired) electrons. The molecule has 7 heteroatoms. The standard InChI is InChI=1S/C19H37N3O3S/c1-4-20-18(21-16-19(26-3)8-14-24-15-9-19)22-10-6-17(7-11-22)25-13-5-12-23-2/h17H,4-16H2,1-3H3,(H,20,21). The number of likely N-dealkylation sites (tertiary alicyclic amines) is 1. The molecule has 6 nitrogen and oxygen atoms in total. The summed E-state index contributed by atoms with van der Waals surface area (Å²) < 4.78 is 16.8. The first kappa shape index (κ1) is 21.8. The second-order valence-corrected chi connectivity index (χ2v) is 8.35. The summed E-state index contributed by atoms with van der Waals surface area (Å²) in [5.74, 6) is 1.06. The third-order valence-corrected chi connectivity index (χ3v) is 6.68. The van der Waals surface area contributed by atoms with E-state index < -0.39 is 0 Å². The Morgan fingerprint density at radius 2 is 2.00 bits per heavy atom. The van der Waals surface area contributed by atoms with Crippen LogP contribution in [0.3, 0.4) is 0 Å². The van der Waals surface area contributed by atoms with Crippen molar-refractivity contribution < 1.29 is 14.2 Å². The number of piperidine rings is 1. The fraction of sp³-hybridized carbons (Fsp3) is 0.947. The van der Waals surface area contributed by atoms with Crippen LogP contribution in [-0.4, -0.2) is 87.7 Å². The summed E-state index contributed by atoms with van der Waals surface area (Å²) in [5.41, 5.74) is 0. The molecule has 0 bridgehead atoms. The summed E-state index contributed by atoms with van der Waals surface area (Å²) in [6.07, 6.45) is 7.88. The summed E-state index contributed by atoms with van der Waals surface area (Å²) in [5, 5.41) is 3.49. The first-order valence-electron chi connectivity index (χ1n) is 9.99. The van der Waals surface area contributed by atoms with Gasteiger partial charge in [-0.3, -0.25) is 4.99 Å². The summed E-state index contributed by atoms with van der Waals surface area (Å²) in [6.45, 7) is 9.22. The number of nitrogens with zero attached hydrogens (tertiary/aromatic N) is 2. The van der Waals surface area contributed by atoms with Crippen LogP contribution in [0.25, 0.3) is 0 Å². The minimum atomic E-state index is 0.238. The van der Waals surface area contributed by atoms with Gasteiger partial charge in [0, 0.05) is 57.9 Å². The number of aliphatic imine (C=N–C) groups is 1. The Kier molecular flexibility index (Phi) is 10.1. The number of nitrogens with one attached hydrogen (secondary N) is 1. The van der Waals surface area contributed by atoms with Crippen LogP contribution in [0.1, 0.15) is 39.0 Å². The van der Waals surface area contributed by atoms with Crippen molar-refractivity contribution in [2.45, 2.75) is 49.9 Å². The second-order valence-electron chi connectivity index (χ2n) is 7.07. The van der Waals surface area contributed by atoms with Crippen molar-refractivity contribution in [3.63, 3.8) is 0 Å². The topological polar surface area (TPSA) is 55.3 Å². The molecular weight excluding hydrogens is 350 g/mol. The highest BCUT2D eigenvalue weighted by Crippen LogP contribution is 2.34. The summed E-state index contributed by atoms with van der Waals surface area (Å²) in [4.78, 5) is 7.41. The Morgan fingerprint density at radius 3 is 2.62 bits per heavy atom. The molecule has 0 spiro atoms. The summed E-state index contributed by atoms with van der Waals surface area (Å²) in [6, 6.07) is 0. The molecule has 0 aromatic rings. The van der Waals surface area contributed by atoms with E-state index in [1.165, 1.54) is 0 Å². The van der Waals surface area contributed by atoms with Gasteiger partial charge in [-0.15, -0.1) is 0 Å². The monoisotopic (exact) mass is 387 g/mol. The van der Waals surface area contributed by atoms with Crippen molar-refractivity contribution in [2.24, 2.45) is 4.99 Å². The zero-order valence-electron chi connectivity index (χ0n) is 16.8. The van der Waals surface area contributed by atoms with Crippen LogP contribution in [-0.2, 0) is 14.2 Å². The zero-order valence-corrected chi connectivity index (χ0v) is 17.6. The average Bonchev–Trinajstić information content (AvgIpc) is 2.70. The smallest absolute Gasteiger partial charge is 0.193 e. The number of rotatable bonds is 9. The first-order chi connectivity index (χ1) is 12.7. The molecule has 0 aliphatic carbocycles. The molecule has 0 unspecified atom stereocenters. The fourth-order valence-electron chi connectivity index (χ4n) is 3.50. The molecule has 0 aromatic carbocycles. The van der Waals surface area contributed by atoms with Crippen molar-refractivity contribution in [2.75, 3.05) is 66.0 Å². The van der Waals surface area contributed by atoms with Gasteiger partial charge >= 0.3 is 0 Å². The number of ether oxygens (including phenoxy) is 3. The quantitative estimate of drug-likeness (QED) is 0.372. The largest absolute Gasteiger partial charge is 0.385 e. The fourth-order valence-corrected chi connectivity index (χ4v) is 4.27.